The van der Waals surface area contributed by atoms with E-state index in [-0.39, 0.29) is 17.9 Å². The second kappa shape index (κ2) is 5.87. The maximum Gasteiger partial charge on any atom is 0.217 e. The largest absolute Gasteiger partial charge is 0.468 e. The molecule has 112 valence electrons. The van der Waals surface area contributed by atoms with Crippen molar-refractivity contribution < 1.29 is 17.6 Å². The minimum atomic E-state index is -3.29. The van der Waals surface area contributed by atoms with E-state index in [9.17, 15) is 8.42 Å². The quantitative estimate of drug-likeness (QED) is 0.856. The van der Waals surface area contributed by atoms with Gasteiger partial charge in [0.25, 0.3) is 0 Å². The minimum Gasteiger partial charge on any atom is -0.468 e. The van der Waals surface area contributed by atoms with E-state index in [1.165, 1.54) is 0 Å². The van der Waals surface area contributed by atoms with E-state index in [0.717, 1.165) is 37.9 Å². The SMILES string of the molecule is O=S(=O)(CC1CCCCO1)N1CCCC1c1ccco1. The molecule has 3 rings (SSSR count). The second-order valence-corrected chi connectivity index (χ2v) is 7.52. The first-order valence-corrected chi connectivity index (χ1v) is 8.92. The molecule has 6 heteroatoms. The van der Waals surface area contributed by atoms with Crippen molar-refractivity contribution in [3.63, 3.8) is 0 Å². The zero-order chi connectivity index (χ0) is 14.0. The lowest BCUT2D eigenvalue weighted by molar-refractivity contribution is 0.0298. The van der Waals surface area contributed by atoms with Crippen molar-refractivity contribution in [3.8, 4) is 0 Å². The van der Waals surface area contributed by atoms with E-state index in [1.54, 1.807) is 10.6 Å². The fraction of sp³-hybridized carbons (Fsp3) is 0.714. The molecule has 0 bridgehead atoms. The van der Waals surface area contributed by atoms with Crippen LogP contribution >= 0.6 is 0 Å². The van der Waals surface area contributed by atoms with Gasteiger partial charge in [-0.3, -0.25) is 0 Å². The maximum absolute atomic E-state index is 12.6. The monoisotopic (exact) mass is 299 g/mol. The van der Waals surface area contributed by atoms with Gasteiger partial charge in [0.15, 0.2) is 0 Å². The third-order valence-electron chi connectivity index (χ3n) is 4.10. The molecule has 5 nitrogen and oxygen atoms in total. The number of hydrogen-bond acceptors (Lipinski definition) is 4. The van der Waals surface area contributed by atoms with Crippen LogP contribution in [0, 0.1) is 0 Å². The second-order valence-electron chi connectivity index (χ2n) is 5.55. The summed E-state index contributed by atoms with van der Waals surface area (Å²) in [5.41, 5.74) is 0. The van der Waals surface area contributed by atoms with E-state index in [2.05, 4.69) is 0 Å². The Kier molecular flexibility index (Phi) is 4.14. The molecule has 0 radical (unpaired) electrons. The van der Waals surface area contributed by atoms with Gasteiger partial charge in [-0.1, -0.05) is 0 Å². The summed E-state index contributed by atoms with van der Waals surface area (Å²) in [5, 5.41) is 0. The van der Waals surface area contributed by atoms with Crippen LogP contribution in [0.15, 0.2) is 22.8 Å². The molecule has 0 N–H and O–H groups in total. The number of hydrogen-bond donors (Lipinski definition) is 0. The van der Waals surface area contributed by atoms with Crippen molar-refractivity contribution in [1.82, 2.24) is 4.31 Å². The van der Waals surface area contributed by atoms with Gasteiger partial charge < -0.3 is 9.15 Å². The van der Waals surface area contributed by atoms with Crippen molar-refractivity contribution in [2.45, 2.75) is 44.2 Å². The first-order chi connectivity index (χ1) is 9.67. The highest BCUT2D eigenvalue weighted by Gasteiger charge is 2.38. The Balaban J connectivity index is 1.72. The molecule has 2 fully saturated rings. The van der Waals surface area contributed by atoms with Gasteiger partial charge in [-0.05, 0) is 44.2 Å². The number of nitrogens with zero attached hydrogens (tertiary/aromatic N) is 1. The van der Waals surface area contributed by atoms with E-state index in [4.69, 9.17) is 9.15 Å². The van der Waals surface area contributed by atoms with Crippen LogP contribution in [0.1, 0.15) is 43.9 Å². The lowest BCUT2D eigenvalue weighted by Gasteiger charge is -2.27. The minimum absolute atomic E-state index is 0.101. The molecule has 2 aliphatic rings. The predicted octanol–water partition coefficient (Wildman–Crippen LogP) is 2.32. The molecular formula is C14H21NO4S. The lowest BCUT2D eigenvalue weighted by atomic mass is 10.1. The van der Waals surface area contributed by atoms with Crippen molar-refractivity contribution in [1.29, 1.82) is 0 Å². The molecule has 2 atom stereocenters. The van der Waals surface area contributed by atoms with Gasteiger partial charge in [0.1, 0.15) is 5.76 Å². The van der Waals surface area contributed by atoms with E-state index in [0.29, 0.717) is 13.2 Å². The zero-order valence-corrected chi connectivity index (χ0v) is 12.3. The first-order valence-electron chi connectivity index (χ1n) is 7.31. The summed E-state index contributed by atoms with van der Waals surface area (Å²) in [6, 6.07) is 3.52. The molecule has 0 aliphatic carbocycles. The van der Waals surface area contributed by atoms with Crippen molar-refractivity contribution in [3.05, 3.63) is 24.2 Å². The summed E-state index contributed by atoms with van der Waals surface area (Å²) in [7, 11) is -3.29. The number of rotatable bonds is 4. The van der Waals surface area contributed by atoms with Crippen LogP contribution in [0.2, 0.25) is 0 Å². The molecule has 0 spiro atoms. The Bertz CT molecular complexity index is 519. The van der Waals surface area contributed by atoms with Crippen molar-refractivity contribution in [2.75, 3.05) is 18.9 Å². The van der Waals surface area contributed by atoms with E-state index < -0.39 is 10.0 Å². The molecule has 2 aliphatic heterocycles. The molecule has 2 unspecified atom stereocenters. The van der Waals surface area contributed by atoms with E-state index in [1.807, 2.05) is 12.1 Å². The van der Waals surface area contributed by atoms with Crippen LogP contribution < -0.4 is 0 Å². The Morgan fingerprint density at radius 1 is 1.25 bits per heavy atom. The fourth-order valence-corrected chi connectivity index (χ4v) is 5.04. The van der Waals surface area contributed by atoms with Crippen molar-refractivity contribution in [2.24, 2.45) is 0 Å². The Morgan fingerprint density at radius 2 is 2.15 bits per heavy atom. The molecule has 1 aromatic heterocycles. The highest BCUT2D eigenvalue weighted by Crippen LogP contribution is 2.35. The van der Waals surface area contributed by atoms with Gasteiger partial charge in [0.05, 0.1) is 24.2 Å². The van der Waals surface area contributed by atoms with Gasteiger partial charge in [-0.15, -0.1) is 0 Å². The smallest absolute Gasteiger partial charge is 0.217 e. The molecule has 3 heterocycles. The fourth-order valence-electron chi connectivity index (χ4n) is 3.11. The van der Waals surface area contributed by atoms with Gasteiger partial charge in [-0.25, -0.2) is 8.42 Å². The van der Waals surface area contributed by atoms with E-state index >= 15 is 0 Å². The molecule has 20 heavy (non-hydrogen) atoms. The third kappa shape index (κ3) is 2.92. The topological polar surface area (TPSA) is 59.8 Å². The van der Waals surface area contributed by atoms with Crippen molar-refractivity contribution >= 4 is 10.0 Å². The highest BCUT2D eigenvalue weighted by molar-refractivity contribution is 7.89. The molecular weight excluding hydrogens is 278 g/mol. The molecule has 0 amide bonds. The van der Waals surface area contributed by atoms with Crippen LogP contribution in [0.3, 0.4) is 0 Å². The summed E-state index contributed by atoms with van der Waals surface area (Å²) >= 11 is 0. The standard InChI is InChI=1S/C14H21NO4S/c16-20(17,11-12-5-1-2-9-18-12)15-8-3-6-13(15)14-7-4-10-19-14/h4,7,10,12-13H,1-3,5-6,8-9,11H2. The third-order valence-corrected chi connectivity index (χ3v) is 6.05. The lowest BCUT2D eigenvalue weighted by Crippen LogP contribution is -2.38. The van der Waals surface area contributed by atoms with Crippen LogP contribution in [-0.2, 0) is 14.8 Å². The van der Waals surface area contributed by atoms with Crippen LogP contribution in [0.25, 0.3) is 0 Å². The zero-order valence-electron chi connectivity index (χ0n) is 11.5. The summed E-state index contributed by atoms with van der Waals surface area (Å²) in [4.78, 5) is 0. The molecule has 1 aromatic rings. The van der Waals surface area contributed by atoms with Gasteiger partial charge in [-0.2, -0.15) is 4.31 Å². The number of sulfonamides is 1. The number of ether oxygens (including phenoxy) is 1. The number of furan rings is 1. The summed E-state index contributed by atoms with van der Waals surface area (Å²) < 4.78 is 37.8. The van der Waals surface area contributed by atoms with Gasteiger partial charge in [0.2, 0.25) is 10.0 Å². The average Bonchev–Trinajstić information content (AvgIpc) is 3.10. The molecule has 0 aromatic carbocycles. The predicted molar refractivity (Wildman–Crippen MR) is 74.8 cm³/mol. The van der Waals surface area contributed by atoms with Gasteiger partial charge in [0, 0.05) is 13.2 Å². The van der Waals surface area contributed by atoms with Crippen LogP contribution in [0.5, 0.6) is 0 Å². The molecule has 2 saturated heterocycles. The summed E-state index contributed by atoms with van der Waals surface area (Å²) in [6.45, 7) is 1.27. The Labute approximate surface area is 119 Å². The average molecular weight is 299 g/mol. The van der Waals surface area contributed by atoms with Crippen LogP contribution in [0.4, 0.5) is 0 Å². The van der Waals surface area contributed by atoms with Gasteiger partial charge >= 0.3 is 0 Å². The normalized spacial score (nSPS) is 28.8. The molecule has 0 saturated carbocycles. The summed E-state index contributed by atoms with van der Waals surface area (Å²) in [6.07, 6.45) is 6.11. The van der Waals surface area contributed by atoms with Crippen LogP contribution in [-0.4, -0.2) is 37.7 Å². The Hall–Kier alpha value is -0.850. The Morgan fingerprint density at radius 3 is 2.85 bits per heavy atom. The maximum atomic E-state index is 12.6. The highest BCUT2D eigenvalue weighted by atomic mass is 32.2. The first kappa shape index (κ1) is 14.1. The summed E-state index contributed by atoms with van der Waals surface area (Å²) in [5.74, 6) is 0.847.